The van der Waals surface area contributed by atoms with Crippen LogP contribution in [0.25, 0.3) is 0 Å². The second kappa shape index (κ2) is 5.16. The van der Waals surface area contributed by atoms with Crippen LogP contribution in [0.5, 0.6) is 0 Å². The van der Waals surface area contributed by atoms with Crippen LogP contribution in [0.15, 0.2) is 0 Å². The predicted molar refractivity (Wildman–Crippen MR) is 50.4 cm³/mol. The molecule has 0 spiro atoms. The van der Waals surface area contributed by atoms with Gasteiger partial charge in [0.1, 0.15) is 0 Å². The molecule has 0 amide bonds. The van der Waals surface area contributed by atoms with Gasteiger partial charge in [-0.2, -0.15) is 0 Å². The van der Waals surface area contributed by atoms with Crippen molar-refractivity contribution in [1.82, 2.24) is 0 Å². The summed E-state index contributed by atoms with van der Waals surface area (Å²) >= 11 is 6.17. The minimum absolute atomic E-state index is 0.517. The summed E-state index contributed by atoms with van der Waals surface area (Å²) in [6.45, 7) is 0. The molecule has 0 aliphatic heterocycles. The molecule has 4 nitrogen and oxygen atoms in total. The van der Waals surface area contributed by atoms with Crippen LogP contribution < -0.4 is 0 Å². The van der Waals surface area contributed by atoms with Gasteiger partial charge in [0, 0.05) is 14.2 Å². The molecule has 0 aromatic rings. The quantitative estimate of drug-likeness (QED) is 0.446. The van der Waals surface area contributed by atoms with Gasteiger partial charge in [-0.3, -0.25) is 0 Å². The van der Waals surface area contributed by atoms with Crippen molar-refractivity contribution in [1.29, 1.82) is 0 Å². The Hall–Kier alpha value is 0.350. The summed E-state index contributed by atoms with van der Waals surface area (Å²) in [4.78, 5) is 11.1. The highest BCUT2D eigenvalue weighted by Crippen LogP contribution is 2.33. The zero-order chi connectivity index (χ0) is 9.78. The van der Waals surface area contributed by atoms with E-state index in [1.807, 2.05) is 0 Å². The van der Waals surface area contributed by atoms with Crippen LogP contribution in [0.1, 0.15) is 0 Å². The highest BCUT2D eigenvalue weighted by Gasteiger charge is 2.43. The summed E-state index contributed by atoms with van der Waals surface area (Å²) in [6, 6.07) is 0. The number of rotatable bonds is 4. The van der Waals surface area contributed by atoms with E-state index in [4.69, 9.17) is 9.47 Å². The van der Waals surface area contributed by atoms with E-state index < -0.39 is 15.5 Å². The number of ether oxygens (including phenoxy) is 3. The number of carbonyl (C=O) groups excluding carboxylic acids is 1. The molecule has 0 N–H and O–H groups in total. The molecule has 6 heteroatoms. The van der Waals surface area contributed by atoms with Crippen molar-refractivity contribution in [3.63, 3.8) is 0 Å². The van der Waals surface area contributed by atoms with E-state index in [1.54, 1.807) is 0 Å². The average molecular weight is 306 g/mol. The number of hydrogen-bond donors (Lipinski definition) is 0. The minimum Gasteiger partial charge on any atom is -0.467 e. The number of esters is 1. The summed E-state index contributed by atoms with van der Waals surface area (Å²) in [5, 5.41) is 0. The number of hydrogen-bond acceptors (Lipinski definition) is 4. The first-order valence-electron chi connectivity index (χ1n) is 3.02. The summed E-state index contributed by atoms with van der Waals surface area (Å²) in [5.41, 5.74) is 0. The van der Waals surface area contributed by atoms with Crippen molar-refractivity contribution in [2.24, 2.45) is 0 Å². The molecule has 0 saturated heterocycles. The SMILES string of the molecule is COC(=O)C(Br)(Br)C(OC)OC. The van der Waals surface area contributed by atoms with Crippen molar-refractivity contribution in [3.05, 3.63) is 0 Å². The summed E-state index contributed by atoms with van der Waals surface area (Å²) in [7, 11) is 4.13. The van der Waals surface area contributed by atoms with Crippen LogP contribution in [0.2, 0.25) is 0 Å². The largest absolute Gasteiger partial charge is 0.467 e. The Bertz CT molecular complexity index is 156. The van der Waals surface area contributed by atoms with Crippen LogP contribution in [-0.4, -0.2) is 36.8 Å². The summed E-state index contributed by atoms with van der Waals surface area (Å²) < 4.78 is 13.1. The van der Waals surface area contributed by atoms with Gasteiger partial charge in [-0.05, 0) is 0 Å². The predicted octanol–water partition coefficient (Wildman–Crippen LogP) is 1.26. The topological polar surface area (TPSA) is 44.8 Å². The molecule has 0 aromatic heterocycles. The van der Waals surface area contributed by atoms with E-state index in [0.29, 0.717) is 0 Å². The fourth-order valence-corrected chi connectivity index (χ4v) is 1.70. The van der Waals surface area contributed by atoms with Gasteiger partial charge in [-0.25, -0.2) is 4.79 Å². The lowest BCUT2D eigenvalue weighted by Gasteiger charge is -2.25. The third-order valence-corrected chi connectivity index (χ3v) is 2.58. The van der Waals surface area contributed by atoms with Gasteiger partial charge >= 0.3 is 5.97 Å². The lowest BCUT2D eigenvalue weighted by molar-refractivity contribution is -0.156. The molecule has 0 radical (unpaired) electrons. The molecule has 0 atom stereocenters. The molecule has 0 saturated carbocycles. The number of alkyl halides is 2. The Morgan fingerprint density at radius 1 is 1.25 bits per heavy atom. The van der Waals surface area contributed by atoms with Gasteiger partial charge in [0.05, 0.1) is 7.11 Å². The summed E-state index contributed by atoms with van der Waals surface area (Å²) in [6.07, 6.45) is -0.745. The standard InChI is InChI=1S/C6H10Br2O4/c1-10-4(9)6(7,8)5(11-2)12-3/h5H,1-3H3. The monoisotopic (exact) mass is 304 g/mol. The fraction of sp³-hybridized carbons (Fsp3) is 0.833. The zero-order valence-electron chi connectivity index (χ0n) is 6.97. The Morgan fingerprint density at radius 3 is 1.92 bits per heavy atom. The van der Waals surface area contributed by atoms with Gasteiger partial charge in [0.25, 0.3) is 0 Å². The zero-order valence-corrected chi connectivity index (χ0v) is 10.1. The van der Waals surface area contributed by atoms with Crippen LogP contribution >= 0.6 is 31.9 Å². The van der Waals surface area contributed by atoms with E-state index in [9.17, 15) is 4.79 Å². The van der Waals surface area contributed by atoms with Crippen molar-refractivity contribution >= 4 is 37.8 Å². The molecule has 0 aromatic carbocycles. The lowest BCUT2D eigenvalue weighted by atomic mass is 10.4. The van der Waals surface area contributed by atoms with Gasteiger partial charge in [0.2, 0.25) is 3.23 Å². The first-order valence-corrected chi connectivity index (χ1v) is 4.61. The second-order valence-electron chi connectivity index (χ2n) is 1.92. The first kappa shape index (κ1) is 12.3. The Labute approximate surface area is 87.8 Å². The first-order chi connectivity index (χ1) is 5.50. The normalized spacial score (nSPS) is 11.8. The smallest absolute Gasteiger partial charge is 0.338 e. The average Bonchev–Trinajstić information content (AvgIpc) is 2.04. The van der Waals surface area contributed by atoms with Gasteiger partial charge in [-0.1, -0.05) is 31.9 Å². The second-order valence-corrected chi connectivity index (χ2v) is 5.48. The molecule has 0 aliphatic rings. The number of carbonyl (C=O) groups is 1. The van der Waals surface area contributed by atoms with Gasteiger partial charge in [-0.15, -0.1) is 0 Å². The van der Waals surface area contributed by atoms with E-state index in [-0.39, 0.29) is 0 Å². The maximum Gasteiger partial charge on any atom is 0.338 e. The molecule has 0 fully saturated rings. The van der Waals surface area contributed by atoms with Crippen molar-refractivity contribution in [2.45, 2.75) is 9.52 Å². The van der Waals surface area contributed by atoms with Gasteiger partial charge in [0.15, 0.2) is 6.29 Å². The highest BCUT2D eigenvalue weighted by molar-refractivity contribution is 9.26. The van der Waals surface area contributed by atoms with Crippen LogP contribution in [-0.2, 0) is 19.0 Å². The van der Waals surface area contributed by atoms with Crippen molar-refractivity contribution in [2.75, 3.05) is 21.3 Å². The molecule has 12 heavy (non-hydrogen) atoms. The maximum atomic E-state index is 11.1. The third-order valence-electron chi connectivity index (χ3n) is 1.18. The molecule has 0 heterocycles. The Morgan fingerprint density at radius 2 is 1.67 bits per heavy atom. The third kappa shape index (κ3) is 2.69. The van der Waals surface area contributed by atoms with Gasteiger partial charge < -0.3 is 14.2 Å². The molecule has 0 bridgehead atoms. The number of halogens is 2. The highest BCUT2D eigenvalue weighted by atomic mass is 79.9. The lowest BCUT2D eigenvalue weighted by Crippen LogP contribution is -2.41. The minimum atomic E-state index is -1.15. The molecule has 0 aliphatic carbocycles. The van der Waals surface area contributed by atoms with E-state index in [0.717, 1.165) is 0 Å². The molecule has 0 rings (SSSR count). The fourth-order valence-electron chi connectivity index (χ4n) is 0.625. The van der Waals surface area contributed by atoms with Crippen LogP contribution in [0, 0.1) is 0 Å². The van der Waals surface area contributed by atoms with Crippen molar-refractivity contribution in [3.8, 4) is 0 Å². The van der Waals surface area contributed by atoms with E-state index in [2.05, 4.69) is 36.6 Å². The molecule has 0 unspecified atom stereocenters. The van der Waals surface area contributed by atoms with E-state index >= 15 is 0 Å². The van der Waals surface area contributed by atoms with Crippen LogP contribution in [0.4, 0.5) is 0 Å². The Balaban J connectivity index is 4.44. The van der Waals surface area contributed by atoms with E-state index in [1.165, 1.54) is 21.3 Å². The molecular weight excluding hydrogens is 296 g/mol. The summed E-state index contributed by atoms with van der Waals surface area (Å²) in [5.74, 6) is -0.517. The molecule has 72 valence electrons. The number of methoxy groups -OCH3 is 3. The Kier molecular flexibility index (Phi) is 5.31. The maximum absolute atomic E-state index is 11.1. The van der Waals surface area contributed by atoms with Crippen LogP contribution in [0.3, 0.4) is 0 Å². The molecular formula is C6H10Br2O4. The van der Waals surface area contributed by atoms with Crippen molar-refractivity contribution < 1.29 is 19.0 Å².